The highest BCUT2D eigenvalue weighted by Crippen LogP contribution is 2.25. The van der Waals surface area contributed by atoms with Gasteiger partial charge in [0.05, 0.1) is 25.7 Å². The van der Waals surface area contributed by atoms with Gasteiger partial charge in [-0.05, 0) is 50.1 Å². The van der Waals surface area contributed by atoms with Gasteiger partial charge in [0.25, 0.3) is 0 Å². The second kappa shape index (κ2) is 9.75. The summed E-state index contributed by atoms with van der Waals surface area (Å²) in [7, 11) is 0. The number of benzene rings is 1. The summed E-state index contributed by atoms with van der Waals surface area (Å²) in [6.45, 7) is 7.14. The van der Waals surface area contributed by atoms with Crippen LogP contribution in [0.5, 0.6) is 0 Å². The Morgan fingerprint density at radius 1 is 1.17 bits per heavy atom. The summed E-state index contributed by atoms with van der Waals surface area (Å²) in [5.41, 5.74) is 2.13. The minimum Gasteiger partial charge on any atom is -0.466 e. The molecule has 0 bridgehead atoms. The Balaban J connectivity index is 1.40. The van der Waals surface area contributed by atoms with Crippen LogP contribution in [0.4, 0.5) is 23.1 Å². The number of esters is 1. The monoisotopic (exact) mass is 411 g/mol. The lowest BCUT2D eigenvalue weighted by Gasteiger charge is -2.32. The molecule has 0 amide bonds. The van der Waals surface area contributed by atoms with Crippen LogP contribution in [0.3, 0.4) is 0 Å². The van der Waals surface area contributed by atoms with E-state index in [4.69, 9.17) is 9.47 Å². The largest absolute Gasteiger partial charge is 0.466 e. The van der Waals surface area contributed by atoms with Crippen molar-refractivity contribution in [1.29, 1.82) is 0 Å². The van der Waals surface area contributed by atoms with Gasteiger partial charge in [-0.25, -0.2) is 4.98 Å². The average Bonchev–Trinajstić information content (AvgIpc) is 2.81. The normalized spacial score (nSPS) is 19.4. The van der Waals surface area contributed by atoms with Gasteiger partial charge in [-0.2, -0.15) is 4.98 Å². The van der Waals surface area contributed by atoms with E-state index in [9.17, 15) is 4.79 Å². The topological polar surface area (TPSA) is 79.8 Å². The molecule has 1 unspecified atom stereocenters. The Labute approximate surface area is 177 Å². The number of nitrogens with zero attached hydrogens (tertiary/aromatic N) is 4. The van der Waals surface area contributed by atoms with Gasteiger partial charge in [0.2, 0.25) is 5.95 Å². The van der Waals surface area contributed by atoms with E-state index in [1.165, 1.54) is 5.69 Å². The predicted octanol–water partition coefficient (Wildman–Crippen LogP) is 2.84. The van der Waals surface area contributed by atoms with Crippen LogP contribution in [0.25, 0.3) is 0 Å². The molecule has 2 saturated heterocycles. The molecule has 2 aliphatic rings. The molecule has 2 aromatic rings. The van der Waals surface area contributed by atoms with Gasteiger partial charge in [-0.3, -0.25) is 4.79 Å². The molecule has 160 valence electrons. The third-order valence-electron chi connectivity index (χ3n) is 5.51. The van der Waals surface area contributed by atoms with Crippen LogP contribution >= 0.6 is 0 Å². The highest BCUT2D eigenvalue weighted by Gasteiger charge is 2.27. The molecule has 1 aromatic heterocycles. The number of nitrogens with one attached hydrogen (secondary N) is 1. The second-order valence-corrected chi connectivity index (χ2v) is 7.55. The number of carbonyl (C=O) groups excluding carboxylic acids is 1. The van der Waals surface area contributed by atoms with Crippen molar-refractivity contribution in [1.82, 2.24) is 9.97 Å². The summed E-state index contributed by atoms with van der Waals surface area (Å²) in [6, 6.07) is 10.2. The minimum absolute atomic E-state index is 0.0993. The SMILES string of the molecule is CCOC(=O)C1CCCN(c2ccnc(Nc3ccc(N4CCOCC4)cc3)n2)C1. The molecule has 1 N–H and O–H groups in total. The first-order valence-corrected chi connectivity index (χ1v) is 10.7. The Kier molecular flexibility index (Phi) is 6.63. The van der Waals surface area contributed by atoms with Crippen molar-refractivity contribution < 1.29 is 14.3 Å². The summed E-state index contributed by atoms with van der Waals surface area (Å²) in [4.78, 5) is 25.6. The number of anilines is 4. The number of carbonyl (C=O) groups is 1. The van der Waals surface area contributed by atoms with Crippen molar-refractivity contribution in [3.05, 3.63) is 36.5 Å². The molecular weight excluding hydrogens is 382 g/mol. The Morgan fingerprint density at radius 3 is 2.73 bits per heavy atom. The smallest absolute Gasteiger partial charge is 0.310 e. The van der Waals surface area contributed by atoms with Crippen molar-refractivity contribution in [3.63, 3.8) is 0 Å². The number of ether oxygens (including phenoxy) is 2. The van der Waals surface area contributed by atoms with E-state index < -0.39 is 0 Å². The lowest BCUT2D eigenvalue weighted by molar-refractivity contribution is -0.148. The maximum atomic E-state index is 12.1. The van der Waals surface area contributed by atoms with Crippen molar-refractivity contribution in [3.8, 4) is 0 Å². The standard InChI is InChI=1S/C22H29N5O3/c1-2-30-21(28)17-4-3-11-27(16-17)20-9-10-23-22(25-20)24-18-5-7-19(8-6-18)26-12-14-29-15-13-26/h5-10,17H,2-4,11-16H2,1H3,(H,23,24,25). The van der Waals surface area contributed by atoms with Crippen LogP contribution in [0, 0.1) is 5.92 Å². The van der Waals surface area contributed by atoms with E-state index in [1.54, 1.807) is 6.20 Å². The summed E-state index contributed by atoms with van der Waals surface area (Å²) in [5.74, 6) is 1.16. The number of hydrogen-bond acceptors (Lipinski definition) is 8. The van der Waals surface area contributed by atoms with Crippen LogP contribution in [0.15, 0.2) is 36.5 Å². The predicted molar refractivity (Wildman–Crippen MR) is 116 cm³/mol. The van der Waals surface area contributed by atoms with E-state index in [1.807, 2.05) is 25.1 Å². The molecule has 0 radical (unpaired) electrons. The highest BCUT2D eigenvalue weighted by molar-refractivity contribution is 5.73. The fourth-order valence-corrected chi connectivity index (χ4v) is 3.93. The maximum Gasteiger partial charge on any atom is 0.310 e. The van der Waals surface area contributed by atoms with Gasteiger partial charge in [0.1, 0.15) is 5.82 Å². The molecule has 0 spiro atoms. The van der Waals surface area contributed by atoms with Crippen molar-refractivity contribution in [2.75, 3.05) is 61.1 Å². The van der Waals surface area contributed by atoms with E-state index in [-0.39, 0.29) is 11.9 Å². The second-order valence-electron chi connectivity index (χ2n) is 7.55. The van der Waals surface area contributed by atoms with E-state index in [0.29, 0.717) is 19.1 Å². The molecule has 4 rings (SSSR count). The fourth-order valence-electron chi connectivity index (χ4n) is 3.93. The summed E-state index contributed by atoms with van der Waals surface area (Å²) in [6.07, 6.45) is 3.56. The number of hydrogen-bond donors (Lipinski definition) is 1. The zero-order valence-electron chi connectivity index (χ0n) is 17.4. The molecule has 8 nitrogen and oxygen atoms in total. The van der Waals surface area contributed by atoms with Gasteiger partial charge in [-0.15, -0.1) is 0 Å². The molecular formula is C22H29N5O3. The first-order valence-electron chi connectivity index (χ1n) is 10.7. The molecule has 8 heteroatoms. The van der Waals surface area contributed by atoms with Crippen LogP contribution in [0.2, 0.25) is 0 Å². The van der Waals surface area contributed by atoms with Gasteiger partial charge < -0.3 is 24.6 Å². The van der Waals surface area contributed by atoms with E-state index in [0.717, 1.165) is 57.2 Å². The minimum atomic E-state index is -0.116. The van der Waals surface area contributed by atoms with Gasteiger partial charge in [0.15, 0.2) is 0 Å². The summed E-state index contributed by atoms with van der Waals surface area (Å²) in [5, 5.41) is 3.28. The van der Waals surface area contributed by atoms with Crippen LogP contribution in [-0.4, -0.2) is 61.9 Å². The third-order valence-corrected chi connectivity index (χ3v) is 5.51. The van der Waals surface area contributed by atoms with Gasteiger partial charge in [-0.1, -0.05) is 0 Å². The first kappa shape index (κ1) is 20.4. The maximum absolute atomic E-state index is 12.1. The van der Waals surface area contributed by atoms with Crippen molar-refractivity contribution in [2.24, 2.45) is 5.92 Å². The lowest BCUT2D eigenvalue weighted by Crippen LogP contribution is -2.39. The van der Waals surface area contributed by atoms with Gasteiger partial charge in [0, 0.05) is 43.8 Å². The van der Waals surface area contributed by atoms with Crippen LogP contribution < -0.4 is 15.1 Å². The highest BCUT2D eigenvalue weighted by atomic mass is 16.5. The lowest BCUT2D eigenvalue weighted by atomic mass is 9.98. The Bertz CT molecular complexity index is 839. The van der Waals surface area contributed by atoms with Crippen molar-refractivity contribution in [2.45, 2.75) is 19.8 Å². The van der Waals surface area contributed by atoms with Crippen molar-refractivity contribution >= 4 is 29.1 Å². The molecule has 1 aromatic carbocycles. The molecule has 3 heterocycles. The van der Waals surface area contributed by atoms with E-state index >= 15 is 0 Å². The zero-order chi connectivity index (χ0) is 20.8. The molecule has 2 fully saturated rings. The van der Waals surface area contributed by atoms with Crippen LogP contribution in [-0.2, 0) is 14.3 Å². The first-order chi connectivity index (χ1) is 14.7. The molecule has 30 heavy (non-hydrogen) atoms. The van der Waals surface area contributed by atoms with Gasteiger partial charge >= 0.3 is 5.97 Å². The molecule has 2 aliphatic heterocycles. The van der Waals surface area contributed by atoms with Crippen LogP contribution in [0.1, 0.15) is 19.8 Å². The zero-order valence-corrected chi connectivity index (χ0v) is 17.4. The average molecular weight is 412 g/mol. The molecule has 0 aliphatic carbocycles. The summed E-state index contributed by atoms with van der Waals surface area (Å²) >= 11 is 0. The quantitative estimate of drug-likeness (QED) is 0.727. The number of rotatable bonds is 6. The van der Waals surface area contributed by atoms with E-state index in [2.05, 4.69) is 37.2 Å². The number of morpholine rings is 1. The summed E-state index contributed by atoms with van der Waals surface area (Å²) < 4.78 is 10.6. The Hall–Kier alpha value is -2.87. The number of aromatic nitrogens is 2. The fraction of sp³-hybridized carbons (Fsp3) is 0.500. The Morgan fingerprint density at radius 2 is 1.97 bits per heavy atom. The number of piperidine rings is 1. The third kappa shape index (κ3) is 4.99. The molecule has 0 saturated carbocycles. The molecule has 1 atom stereocenters.